The van der Waals surface area contributed by atoms with Gasteiger partial charge < -0.3 is 9.84 Å². The number of rotatable bonds is 5. The smallest absolute Gasteiger partial charge is 0.311 e. The second-order valence-electron chi connectivity index (χ2n) is 4.13. The van der Waals surface area contributed by atoms with Crippen LogP contribution in [0.25, 0.3) is 0 Å². The number of aliphatic hydroxyl groups is 1. The number of hydrogen-bond acceptors (Lipinski definition) is 3. The largest absolute Gasteiger partial charge is 0.461 e. The highest BCUT2D eigenvalue weighted by atomic mass is 16.5. The maximum Gasteiger partial charge on any atom is 0.311 e. The molecule has 0 radical (unpaired) electrons. The summed E-state index contributed by atoms with van der Waals surface area (Å²) in [5.74, 6) is -0.668. The van der Waals surface area contributed by atoms with Crippen molar-refractivity contribution in [3.63, 3.8) is 0 Å². The average Bonchev–Trinajstić information content (AvgIpc) is 2.28. The van der Waals surface area contributed by atoms with Crippen molar-refractivity contribution in [2.45, 2.75) is 20.5 Å². The third-order valence-electron chi connectivity index (χ3n) is 2.53. The molecule has 1 atom stereocenters. The number of aliphatic hydroxyl groups excluding tert-OH is 1. The van der Waals surface area contributed by atoms with Crippen LogP contribution in [-0.4, -0.2) is 17.7 Å². The van der Waals surface area contributed by atoms with Gasteiger partial charge in [-0.3, -0.25) is 4.79 Å². The fraction of sp³-hybridized carbons (Fsp3) is 0.462. The normalized spacial score (nSPS) is 12.5. The molecule has 0 bridgehead atoms. The average molecular weight is 222 g/mol. The van der Waals surface area contributed by atoms with Crippen LogP contribution in [0.5, 0.6) is 0 Å². The van der Waals surface area contributed by atoms with Crippen LogP contribution in [0.2, 0.25) is 0 Å². The van der Waals surface area contributed by atoms with Crippen molar-refractivity contribution in [2.75, 3.05) is 6.61 Å². The maximum absolute atomic E-state index is 11.6. The van der Waals surface area contributed by atoms with Crippen molar-refractivity contribution in [1.82, 2.24) is 0 Å². The molecule has 1 N–H and O–H groups in total. The topological polar surface area (TPSA) is 46.5 Å². The Morgan fingerprint density at radius 1 is 1.31 bits per heavy atom. The van der Waals surface area contributed by atoms with Crippen LogP contribution in [0.3, 0.4) is 0 Å². The van der Waals surface area contributed by atoms with E-state index in [1.165, 1.54) is 0 Å². The van der Waals surface area contributed by atoms with E-state index < -0.39 is 5.92 Å². The van der Waals surface area contributed by atoms with E-state index in [9.17, 15) is 4.79 Å². The van der Waals surface area contributed by atoms with Crippen LogP contribution in [0.1, 0.15) is 19.4 Å². The van der Waals surface area contributed by atoms with Gasteiger partial charge >= 0.3 is 5.97 Å². The molecule has 1 aromatic carbocycles. The number of ether oxygens (including phenoxy) is 1. The van der Waals surface area contributed by atoms with E-state index in [0.717, 1.165) is 5.56 Å². The molecule has 0 saturated carbocycles. The molecule has 1 aromatic rings. The Morgan fingerprint density at radius 3 is 2.44 bits per heavy atom. The standard InChI is InChI=1S/C13H18O3/c1-10(2)12(8-14)13(15)16-9-11-6-4-3-5-7-11/h3-7,10,12,14H,8-9H2,1-2H3/t12-/m0/s1. The van der Waals surface area contributed by atoms with Crippen molar-refractivity contribution in [1.29, 1.82) is 0 Å². The van der Waals surface area contributed by atoms with Gasteiger partial charge in [0.15, 0.2) is 0 Å². The second kappa shape index (κ2) is 6.28. The van der Waals surface area contributed by atoms with Crippen LogP contribution >= 0.6 is 0 Å². The van der Waals surface area contributed by atoms with Gasteiger partial charge in [-0.25, -0.2) is 0 Å². The van der Waals surface area contributed by atoms with E-state index in [2.05, 4.69) is 0 Å². The number of carbonyl (C=O) groups is 1. The molecule has 1 rings (SSSR count). The minimum atomic E-state index is -0.427. The predicted octanol–water partition coefficient (Wildman–Crippen LogP) is 1.99. The number of esters is 1. The Hall–Kier alpha value is -1.35. The molecule has 0 amide bonds. The Balaban J connectivity index is 2.46. The first-order valence-corrected chi connectivity index (χ1v) is 5.46. The predicted molar refractivity (Wildman–Crippen MR) is 61.7 cm³/mol. The van der Waals surface area contributed by atoms with Crippen LogP contribution in [0, 0.1) is 11.8 Å². The first kappa shape index (κ1) is 12.7. The Kier molecular flexibility index (Phi) is 4.99. The first-order chi connectivity index (χ1) is 7.65. The highest BCUT2D eigenvalue weighted by Gasteiger charge is 2.22. The van der Waals surface area contributed by atoms with E-state index in [0.29, 0.717) is 0 Å². The number of benzene rings is 1. The summed E-state index contributed by atoms with van der Waals surface area (Å²) < 4.78 is 5.14. The Labute approximate surface area is 96.1 Å². The molecule has 0 saturated heterocycles. The van der Waals surface area contributed by atoms with Gasteiger partial charge in [0, 0.05) is 0 Å². The number of hydrogen-bond donors (Lipinski definition) is 1. The minimum absolute atomic E-state index is 0.0910. The van der Waals surface area contributed by atoms with Gasteiger partial charge in [0.05, 0.1) is 12.5 Å². The molecule has 0 aliphatic carbocycles. The fourth-order valence-corrected chi connectivity index (χ4v) is 1.39. The molecule has 0 unspecified atom stereocenters. The van der Waals surface area contributed by atoms with Crippen molar-refractivity contribution in [3.8, 4) is 0 Å². The summed E-state index contributed by atoms with van der Waals surface area (Å²) in [6.45, 7) is 3.89. The summed E-state index contributed by atoms with van der Waals surface area (Å²) in [7, 11) is 0. The van der Waals surface area contributed by atoms with Crippen LogP contribution in [0.15, 0.2) is 30.3 Å². The first-order valence-electron chi connectivity index (χ1n) is 5.46. The van der Waals surface area contributed by atoms with Crippen LogP contribution in [0.4, 0.5) is 0 Å². The third kappa shape index (κ3) is 3.66. The molecule has 88 valence electrons. The SMILES string of the molecule is CC(C)[C@H](CO)C(=O)OCc1ccccc1. The van der Waals surface area contributed by atoms with Gasteiger partial charge in [0.25, 0.3) is 0 Å². The van der Waals surface area contributed by atoms with Crippen molar-refractivity contribution >= 4 is 5.97 Å². The molecular weight excluding hydrogens is 204 g/mol. The summed E-state index contributed by atoms with van der Waals surface area (Å²) in [6, 6.07) is 9.51. The van der Waals surface area contributed by atoms with E-state index >= 15 is 0 Å². The van der Waals surface area contributed by atoms with E-state index in [1.54, 1.807) is 0 Å². The molecule has 3 nitrogen and oxygen atoms in total. The highest BCUT2D eigenvalue weighted by molar-refractivity contribution is 5.72. The van der Waals surface area contributed by atoms with Gasteiger partial charge in [0.1, 0.15) is 6.61 Å². The molecule has 3 heteroatoms. The van der Waals surface area contributed by atoms with Crippen molar-refractivity contribution < 1.29 is 14.6 Å². The monoisotopic (exact) mass is 222 g/mol. The zero-order chi connectivity index (χ0) is 12.0. The van der Waals surface area contributed by atoms with E-state index in [4.69, 9.17) is 9.84 Å². The van der Waals surface area contributed by atoms with Gasteiger partial charge in [-0.05, 0) is 11.5 Å². The Bertz CT molecular complexity index is 319. The second-order valence-corrected chi connectivity index (χ2v) is 4.13. The molecule has 0 aliphatic rings. The zero-order valence-electron chi connectivity index (χ0n) is 9.72. The molecular formula is C13H18O3. The summed E-state index contributed by atoms with van der Waals surface area (Å²) in [6.07, 6.45) is 0. The molecule has 0 spiro atoms. The molecule has 0 fully saturated rings. The van der Waals surface area contributed by atoms with Crippen LogP contribution < -0.4 is 0 Å². The van der Waals surface area contributed by atoms with Crippen molar-refractivity contribution in [2.24, 2.45) is 11.8 Å². The maximum atomic E-state index is 11.6. The Morgan fingerprint density at radius 2 is 1.94 bits per heavy atom. The van der Waals surface area contributed by atoms with Gasteiger partial charge in [-0.1, -0.05) is 44.2 Å². The molecule has 0 aromatic heterocycles. The van der Waals surface area contributed by atoms with E-state index in [-0.39, 0.29) is 25.1 Å². The summed E-state index contributed by atoms with van der Waals surface area (Å²) in [5, 5.41) is 9.06. The van der Waals surface area contributed by atoms with Gasteiger partial charge in [-0.15, -0.1) is 0 Å². The van der Waals surface area contributed by atoms with Crippen LogP contribution in [-0.2, 0) is 16.1 Å². The molecule has 0 heterocycles. The lowest BCUT2D eigenvalue weighted by Crippen LogP contribution is -2.25. The summed E-state index contributed by atoms with van der Waals surface area (Å²) >= 11 is 0. The molecule has 16 heavy (non-hydrogen) atoms. The highest BCUT2D eigenvalue weighted by Crippen LogP contribution is 2.13. The summed E-state index contributed by atoms with van der Waals surface area (Å²) in [4.78, 5) is 11.6. The van der Waals surface area contributed by atoms with E-state index in [1.807, 2.05) is 44.2 Å². The molecule has 0 aliphatic heterocycles. The lowest BCUT2D eigenvalue weighted by atomic mass is 9.97. The lowest BCUT2D eigenvalue weighted by Gasteiger charge is -2.16. The van der Waals surface area contributed by atoms with Gasteiger partial charge in [0.2, 0.25) is 0 Å². The van der Waals surface area contributed by atoms with Gasteiger partial charge in [-0.2, -0.15) is 0 Å². The minimum Gasteiger partial charge on any atom is -0.461 e. The third-order valence-corrected chi connectivity index (χ3v) is 2.53. The fourth-order valence-electron chi connectivity index (χ4n) is 1.39. The zero-order valence-corrected chi connectivity index (χ0v) is 9.72. The van der Waals surface area contributed by atoms with Crippen molar-refractivity contribution in [3.05, 3.63) is 35.9 Å². The quantitative estimate of drug-likeness (QED) is 0.775. The number of carbonyl (C=O) groups excluding carboxylic acids is 1. The lowest BCUT2D eigenvalue weighted by molar-refractivity contribution is -0.153. The summed E-state index contributed by atoms with van der Waals surface area (Å²) in [5.41, 5.74) is 0.955.